The average molecular weight is 294 g/mol. The lowest BCUT2D eigenvalue weighted by molar-refractivity contribution is 0.0696. The third kappa shape index (κ3) is 4.32. The molecule has 2 atom stereocenters. The van der Waals surface area contributed by atoms with Gasteiger partial charge in [0.05, 0.1) is 18.7 Å². The van der Waals surface area contributed by atoms with E-state index in [0.717, 1.165) is 44.5 Å². The maximum Gasteiger partial charge on any atom is 0.287 e. The van der Waals surface area contributed by atoms with E-state index in [2.05, 4.69) is 24.1 Å². The van der Waals surface area contributed by atoms with Crippen LogP contribution in [-0.4, -0.2) is 41.1 Å². The Bertz CT molecular complexity index is 454. The molecule has 1 aromatic rings. The molecule has 1 heterocycles. The van der Waals surface area contributed by atoms with Crippen LogP contribution in [0.25, 0.3) is 0 Å². The first-order chi connectivity index (χ1) is 10.1. The normalized spacial score (nSPS) is 22.5. The molecule has 1 aliphatic carbocycles. The van der Waals surface area contributed by atoms with E-state index in [1.807, 2.05) is 6.07 Å². The summed E-state index contributed by atoms with van der Waals surface area (Å²) in [6.07, 6.45) is 3.24. The first-order valence-electron chi connectivity index (χ1n) is 7.94. The number of aliphatic hydroxyl groups excluding tert-OH is 1. The smallest absolute Gasteiger partial charge is 0.287 e. The number of nitrogens with zero attached hydrogens (tertiary/aromatic N) is 1. The predicted octanol–water partition coefficient (Wildman–Crippen LogP) is 2.15. The predicted molar refractivity (Wildman–Crippen MR) is 81.1 cm³/mol. The third-order valence-electron chi connectivity index (χ3n) is 4.21. The molecule has 2 N–H and O–H groups in total. The van der Waals surface area contributed by atoms with Crippen molar-refractivity contribution in [2.45, 2.75) is 58.2 Å². The Balaban J connectivity index is 1.92. The lowest BCUT2D eigenvalue weighted by Gasteiger charge is -2.27. The highest BCUT2D eigenvalue weighted by atomic mass is 16.4. The number of carbonyl (C=O) groups excluding carboxylic acids is 1. The second-order valence-electron chi connectivity index (χ2n) is 5.66. The van der Waals surface area contributed by atoms with Gasteiger partial charge in [0.15, 0.2) is 5.76 Å². The lowest BCUT2D eigenvalue weighted by atomic mass is 9.92. The molecule has 0 radical (unpaired) electrons. The summed E-state index contributed by atoms with van der Waals surface area (Å²) in [5.74, 6) is 0.898. The molecule has 5 nitrogen and oxygen atoms in total. The maximum absolute atomic E-state index is 12.2. The zero-order valence-electron chi connectivity index (χ0n) is 13.0. The van der Waals surface area contributed by atoms with Gasteiger partial charge in [-0.2, -0.15) is 0 Å². The van der Waals surface area contributed by atoms with E-state index < -0.39 is 6.10 Å². The van der Waals surface area contributed by atoms with Gasteiger partial charge in [-0.3, -0.25) is 9.69 Å². The zero-order chi connectivity index (χ0) is 15.2. The minimum atomic E-state index is -0.437. The standard InChI is InChI=1S/C16H26N2O3/c1-3-18(4-2)11-12-9-10-15(21-12)16(20)17-13-7-5-6-8-14(13)19/h9-10,13-14,19H,3-8,11H2,1-2H3,(H,17,20). The van der Waals surface area contributed by atoms with E-state index in [4.69, 9.17) is 4.42 Å². The highest BCUT2D eigenvalue weighted by molar-refractivity contribution is 5.91. The Morgan fingerprint density at radius 2 is 2.05 bits per heavy atom. The SMILES string of the molecule is CCN(CC)Cc1ccc(C(=O)NC2CCCCC2O)o1. The number of aliphatic hydroxyl groups is 1. The molecule has 0 spiro atoms. The van der Waals surface area contributed by atoms with Crippen molar-refractivity contribution in [1.82, 2.24) is 10.2 Å². The average Bonchev–Trinajstić information content (AvgIpc) is 2.96. The zero-order valence-corrected chi connectivity index (χ0v) is 13.0. The van der Waals surface area contributed by atoms with Gasteiger partial charge in [-0.25, -0.2) is 0 Å². The molecule has 5 heteroatoms. The maximum atomic E-state index is 12.2. The fourth-order valence-electron chi connectivity index (χ4n) is 2.77. The fourth-order valence-corrected chi connectivity index (χ4v) is 2.77. The van der Waals surface area contributed by atoms with Crippen LogP contribution in [-0.2, 0) is 6.54 Å². The molecular formula is C16H26N2O3. The van der Waals surface area contributed by atoms with Crippen LogP contribution in [0.5, 0.6) is 0 Å². The van der Waals surface area contributed by atoms with Crippen molar-refractivity contribution in [1.29, 1.82) is 0 Å². The number of amides is 1. The first kappa shape index (κ1) is 16.0. The van der Waals surface area contributed by atoms with E-state index in [0.29, 0.717) is 12.3 Å². The molecule has 0 aliphatic heterocycles. The van der Waals surface area contributed by atoms with Crippen molar-refractivity contribution in [2.75, 3.05) is 13.1 Å². The van der Waals surface area contributed by atoms with Crippen molar-refractivity contribution in [3.63, 3.8) is 0 Å². The Morgan fingerprint density at radius 1 is 1.33 bits per heavy atom. The van der Waals surface area contributed by atoms with Gasteiger partial charge in [-0.15, -0.1) is 0 Å². The Morgan fingerprint density at radius 3 is 2.71 bits per heavy atom. The summed E-state index contributed by atoms with van der Waals surface area (Å²) >= 11 is 0. The molecule has 0 aromatic carbocycles. The largest absolute Gasteiger partial charge is 0.455 e. The molecule has 21 heavy (non-hydrogen) atoms. The monoisotopic (exact) mass is 294 g/mol. The molecule has 0 bridgehead atoms. The third-order valence-corrected chi connectivity index (χ3v) is 4.21. The van der Waals surface area contributed by atoms with Crippen molar-refractivity contribution in [3.05, 3.63) is 23.7 Å². The Hall–Kier alpha value is -1.33. The Kier molecular flexibility index (Phi) is 5.82. The number of rotatable bonds is 6. The van der Waals surface area contributed by atoms with Crippen LogP contribution in [0.3, 0.4) is 0 Å². The quantitative estimate of drug-likeness (QED) is 0.844. The van der Waals surface area contributed by atoms with Gasteiger partial charge in [0.2, 0.25) is 0 Å². The van der Waals surface area contributed by atoms with Crippen LogP contribution in [0.2, 0.25) is 0 Å². The number of nitrogens with one attached hydrogen (secondary N) is 1. The number of carbonyl (C=O) groups is 1. The molecule has 0 saturated heterocycles. The van der Waals surface area contributed by atoms with Gasteiger partial charge in [-0.1, -0.05) is 26.7 Å². The van der Waals surface area contributed by atoms with Crippen molar-refractivity contribution < 1.29 is 14.3 Å². The van der Waals surface area contributed by atoms with Crippen LogP contribution in [0.1, 0.15) is 55.8 Å². The summed E-state index contributed by atoms with van der Waals surface area (Å²) in [6.45, 7) is 6.82. The Labute approximate surface area is 126 Å². The van der Waals surface area contributed by atoms with E-state index in [1.165, 1.54) is 0 Å². The molecule has 1 saturated carbocycles. The summed E-state index contributed by atoms with van der Waals surface area (Å²) in [5, 5.41) is 12.8. The summed E-state index contributed by atoms with van der Waals surface area (Å²) < 4.78 is 5.62. The summed E-state index contributed by atoms with van der Waals surface area (Å²) in [5.41, 5.74) is 0. The summed E-state index contributed by atoms with van der Waals surface area (Å²) in [7, 11) is 0. The number of furan rings is 1. The van der Waals surface area contributed by atoms with Crippen LogP contribution >= 0.6 is 0 Å². The van der Waals surface area contributed by atoms with Crippen molar-refractivity contribution in [2.24, 2.45) is 0 Å². The minimum absolute atomic E-state index is 0.150. The minimum Gasteiger partial charge on any atom is -0.455 e. The molecule has 2 unspecified atom stereocenters. The summed E-state index contributed by atoms with van der Waals surface area (Å²) in [4.78, 5) is 14.4. The molecule has 1 aliphatic rings. The second-order valence-corrected chi connectivity index (χ2v) is 5.66. The van der Waals surface area contributed by atoms with Crippen molar-refractivity contribution in [3.8, 4) is 0 Å². The van der Waals surface area contributed by atoms with Gasteiger partial charge in [0, 0.05) is 0 Å². The van der Waals surface area contributed by atoms with Gasteiger partial charge >= 0.3 is 0 Å². The molecular weight excluding hydrogens is 268 g/mol. The first-order valence-corrected chi connectivity index (χ1v) is 7.94. The van der Waals surface area contributed by atoms with E-state index in [9.17, 15) is 9.90 Å². The van der Waals surface area contributed by atoms with Crippen LogP contribution in [0.4, 0.5) is 0 Å². The van der Waals surface area contributed by atoms with Gasteiger partial charge in [0.1, 0.15) is 5.76 Å². The molecule has 1 aromatic heterocycles. The van der Waals surface area contributed by atoms with Gasteiger partial charge in [0.25, 0.3) is 5.91 Å². The summed E-state index contributed by atoms with van der Waals surface area (Å²) in [6, 6.07) is 3.41. The number of hydrogen-bond donors (Lipinski definition) is 2. The van der Waals surface area contributed by atoms with Gasteiger partial charge < -0.3 is 14.8 Å². The lowest BCUT2D eigenvalue weighted by Crippen LogP contribution is -2.44. The molecule has 1 fully saturated rings. The van der Waals surface area contributed by atoms with E-state index >= 15 is 0 Å². The highest BCUT2D eigenvalue weighted by Gasteiger charge is 2.25. The van der Waals surface area contributed by atoms with E-state index in [-0.39, 0.29) is 11.9 Å². The van der Waals surface area contributed by atoms with Crippen LogP contribution in [0.15, 0.2) is 16.5 Å². The topological polar surface area (TPSA) is 65.7 Å². The fraction of sp³-hybridized carbons (Fsp3) is 0.688. The molecule has 1 amide bonds. The molecule has 2 rings (SSSR count). The van der Waals surface area contributed by atoms with Gasteiger partial charge in [-0.05, 0) is 38.1 Å². The van der Waals surface area contributed by atoms with Crippen molar-refractivity contribution >= 4 is 5.91 Å². The second kappa shape index (κ2) is 7.61. The number of hydrogen-bond acceptors (Lipinski definition) is 4. The van der Waals surface area contributed by atoms with Crippen LogP contribution < -0.4 is 5.32 Å². The highest BCUT2D eigenvalue weighted by Crippen LogP contribution is 2.19. The molecule has 118 valence electrons. The van der Waals surface area contributed by atoms with Crippen LogP contribution in [0, 0.1) is 0 Å². The van der Waals surface area contributed by atoms with E-state index in [1.54, 1.807) is 6.07 Å².